The highest BCUT2D eigenvalue weighted by molar-refractivity contribution is 6.01. The van der Waals surface area contributed by atoms with E-state index in [0.717, 1.165) is 22.7 Å². The molecule has 0 aliphatic heterocycles. The Morgan fingerprint density at radius 3 is 1.32 bits per heavy atom. The van der Waals surface area contributed by atoms with Gasteiger partial charge in [-0.1, -0.05) is 135 Å². The maximum Gasteiger partial charge on any atom is 0.0540 e. The Morgan fingerprint density at radius 2 is 0.800 bits per heavy atom. The molecule has 0 saturated heterocycles. The van der Waals surface area contributed by atoms with Crippen LogP contribution in [-0.4, -0.2) is 0 Å². The average Bonchev–Trinajstić information content (AvgIpc) is 3.38. The molecule has 0 aromatic heterocycles. The van der Waals surface area contributed by atoms with Gasteiger partial charge in [0.1, 0.15) is 0 Å². The van der Waals surface area contributed by atoms with Crippen molar-refractivity contribution in [2.75, 3.05) is 9.80 Å². The number of benzene rings is 8. The quantitative estimate of drug-likeness (QED) is 0.178. The first kappa shape index (κ1) is 30.0. The number of para-hydroxylation sites is 1. The topological polar surface area (TPSA) is 6.48 Å². The van der Waals surface area contributed by atoms with E-state index in [2.05, 4.69) is 206 Å². The van der Waals surface area contributed by atoms with E-state index in [1.54, 1.807) is 0 Å². The third-order valence-electron chi connectivity index (χ3n) is 10.5. The molecule has 50 heavy (non-hydrogen) atoms. The summed E-state index contributed by atoms with van der Waals surface area (Å²) in [7, 11) is 0. The van der Waals surface area contributed by atoms with E-state index in [1.807, 2.05) is 0 Å². The molecule has 1 aliphatic rings. The molecule has 2 nitrogen and oxygen atoms in total. The minimum atomic E-state index is -0.213. The molecule has 9 rings (SSSR count). The van der Waals surface area contributed by atoms with Gasteiger partial charge in [-0.15, -0.1) is 0 Å². The second-order valence-electron chi connectivity index (χ2n) is 13.9. The monoisotopic (exact) mass is 642 g/mol. The van der Waals surface area contributed by atoms with Gasteiger partial charge in [-0.2, -0.15) is 0 Å². The first-order valence-electron chi connectivity index (χ1n) is 17.4. The first-order chi connectivity index (χ1) is 24.5. The smallest absolute Gasteiger partial charge is 0.0540 e. The van der Waals surface area contributed by atoms with Crippen molar-refractivity contribution in [2.45, 2.75) is 26.2 Å². The molecule has 0 radical (unpaired) electrons. The lowest BCUT2D eigenvalue weighted by molar-refractivity contribution is 0.660. The Kier molecular flexibility index (Phi) is 7.07. The van der Waals surface area contributed by atoms with Gasteiger partial charge in [0.2, 0.25) is 0 Å². The molecular weight excluding hydrogens is 605 g/mol. The van der Waals surface area contributed by atoms with Crippen LogP contribution < -0.4 is 9.80 Å². The minimum Gasteiger partial charge on any atom is -0.310 e. The van der Waals surface area contributed by atoms with Crippen LogP contribution in [0, 0.1) is 6.92 Å². The highest BCUT2D eigenvalue weighted by Crippen LogP contribution is 2.53. The Hall–Kier alpha value is -6.12. The summed E-state index contributed by atoms with van der Waals surface area (Å²) in [5.41, 5.74) is 13.3. The van der Waals surface area contributed by atoms with Crippen LogP contribution in [0.3, 0.4) is 0 Å². The summed E-state index contributed by atoms with van der Waals surface area (Å²) in [5.74, 6) is 0. The molecule has 0 unspecified atom stereocenters. The lowest BCUT2D eigenvalue weighted by atomic mass is 9.82. The predicted molar refractivity (Wildman–Crippen MR) is 213 cm³/mol. The van der Waals surface area contributed by atoms with Crippen molar-refractivity contribution in [3.63, 3.8) is 0 Å². The fourth-order valence-electron chi connectivity index (χ4n) is 7.92. The third-order valence-corrected chi connectivity index (χ3v) is 10.5. The Labute approximate surface area is 294 Å². The second-order valence-corrected chi connectivity index (χ2v) is 13.9. The van der Waals surface area contributed by atoms with Crippen LogP contribution in [0.15, 0.2) is 176 Å². The standard InChI is InChI=1S/C48H38N2/c1-33-23-25-37(26-24-33)50(47-22-12-16-35-14-8-10-20-41(35)47)39-28-30-43-42-29-27-38(31-44(42)48(2,3)45(43)32-39)49(36-17-5-4-6-18-36)46-21-11-15-34-13-7-9-19-40(34)46/h4-32H,1-3H3. The van der Waals surface area contributed by atoms with E-state index in [9.17, 15) is 0 Å². The first-order valence-corrected chi connectivity index (χ1v) is 17.4. The highest BCUT2D eigenvalue weighted by atomic mass is 15.1. The summed E-state index contributed by atoms with van der Waals surface area (Å²) < 4.78 is 0. The highest BCUT2D eigenvalue weighted by Gasteiger charge is 2.37. The number of hydrogen-bond acceptors (Lipinski definition) is 2. The number of fused-ring (bicyclic) bond motifs is 5. The maximum absolute atomic E-state index is 2.43. The molecule has 0 saturated carbocycles. The predicted octanol–water partition coefficient (Wildman–Crippen LogP) is 13.5. The summed E-state index contributed by atoms with van der Waals surface area (Å²) in [4.78, 5) is 4.83. The van der Waals surface area contributed by atoms with Gasteiger partial charge in [-0.05, 0) is 101 Å². The lowest BCUT2D eigenvalue weighted by Gasteiger charge is -2.30. The molecule has 1 aliphatic carbocycles. The van der Waals surface area contributed by atoms with Gasteiger partial charge in [0, 0.05) is 38.9 Å². The van der Waals surface area contributed by atoms with Crippen molar-refractivity contribution in [2.24, 2.45) is 0 Å². The summed E-state index contributed by atoms with van der Waals surface area (Å²) in [6, 6.07) is 64.3. The van der Waals surface area contributed by atoms with E-state index in [0.29, 0.717) is 0 Å². The molecule has 0 fully saturated rings. The molecule has 8 aromatic carbocycles. The fourth-order valence-corrected chi connectivity index (χ4v) is 7.92. The van der Waals surface area contributed by atoms with Gasteiger partial charge < -0.3 is 9.80 Å². The third kappa shape index (κ3) is 4.87. The van der Waals surface area contributed by atoms with Crippen LogP contribution in [0.5, 0.6) is 0 Å². The van der Waals surface area contributed by atoms with Crippen LogP contribution >= 0.6 is 0 Å². The summed E-state index contributed by atoms with van der Waals surface area (Å²) in [6.07, 6.45) is 0. The van der Waals surface area contributed by atoms with Gasteiger partial charge in [-0.25, -0.2) is 0 Å². The zero-order valence-corrected chi connectivity index (χ0v) is 28.6. The molecule has 0 bridgehead atoms. The second kappa shape index (κ2) is 11.8. The minimum absolute atomic E-state index is 0.213. The van der Waals surface area contributed by atoms with Gasteiger partial charge in [-0.3, -0.25) is 0 Å². The zero-order valence-electron chi connectivity index (χ0n) is 28.6. The van der Waals surface area contributed by atoms with E-state index >= 15 is 0 Å². The molecule has 8 aromatic rings. The average molecular weight is 643 g/mol. The molecule has 240 valence electrons. The van der Waals surface area contributed by atoms with Crippen LogP contribution in [0.2, 0.25) is 0 Å². The Balaban J connectivity index is 1.19. The molecule has 0 amide bonds. The fraction of sp³-hybridized carbons (Fsp3) is 0.0833. The van der Waals surface area contributed by atoms with Crippen molar-refractivity contribution in [3.05, 3.63) is 193 Å². The largest absolute Gasteiger partial charge is 0.310 e. The molecule has 0 atom stereocenters. The molecule has 0 N–H and O–H groups in total. The Morgan fingerprint density at radius 1 is 0.380 bits per heavy atom. The normalized spacial score (nSPS) is 12.9. The van der Waals surface area contributed by atoms with Crippen molar-refractivity contribution in [1.29, 1.82) is 0 Å². The number of hydrogen-bond donors (Lipinski definition) is 0. The number of rotatable bonds is 6. The zero-order chi connectivity index (χ0) is 33.8. The molecule has 0 spiro atoms. The number of aryl methyl sites for hydroxylation is 1. The number of anilines is 6. The van der Waals surface area contributed by atoms with Gasteiger partial charge in [0.05, 0.1) is 11.4 Å². The SMILES string of the molecule is Cc1ccc(N(c2ccc3c(c2)C(C)(C)c2cc(N(c4ccccc4)c4cccc5ccccc45)ccc2-3)c2cccc3ccccc23)cc1. The Bertz CT molecular complexity index is 2520. The van der Waals surface area contributed by atoms with Crippen molar-refractivity contribution in [1.82, 2.24) is 0 Å². The van der Waals surface area contributed by atoms with Gasteiger partial charge in [0.25, 0.3) is 0 Å². The van der Waals surface area contributed by atoms with Gasteiger partial charge >= 0.3 is 0 Å². The summed E-state index contributed by atoms with van der Waals surface area (Å²) in [6.45, 7) is 6.91. The molecule has 0 heterocycles. The van der Waals surface area contributed by atoms with E-state index < -0.39 is 0 Å². The van der Waals surface area contributed by atoms with E-state index in [4.69, 9.17) is 0 Å². The van der Waals surface area contributed by atoms with Crippen molar-refractivity contribution >= 4 is 55.7 Å². The van der Waals surface area contributed by atoms with Gasteiger partial charge in [0.15, 0.2) is 0 Å². The lowest BCUT2D eigenvalue weighted by Crippen LogP contribution is -2.18. The van der Waals surface area contributed by atoms with E-state index in [1.165, 1.54) is 60.7 Å². The summed E-state index contributed by atoms with van der Waals surface area (Å²) in [5, 5.41) is 4.93. The van der Waals surface area contributed by atoms with Crippen LogP contribution in [-0.2, 0) is 5.41 Å². The number of nitrogens with zero attached hydrogens (tertiary/aromatic N) is 2. The summed E-state index contributed by atoms with van der Waals surface area (Å²) >= 11 is 0. The maximum atomic E-state index is 2.43. The van der Waals surface area contributed by atoms with E-state index in [-0.39, 0.29) is 5.41 Å². The molecule has 2 heteroatoms. The van der Waals surface area contributed by atoms with Crippen molar-refractivity contribution in [3.8, 4) is 11.1 Å². The van der Waals surface area contributed by atoms with Crippen LogP contribution in [0.1, 0.15) is 30.5 Å². The molecular formula is C48H38N2. The van der Waals surface area contributed by atoms with Crippen molar-refractivity contribution < 1.29 is 0 Å². The van der Waals surface area contributed by atoms with Crippen LogP contribution in [0.25, 0.3) is 32.7 Å². The van der Waals surface area contributed by atoms with Crippen LogP contribution in [0.4, 0.5) is 34.1 Å².